The number of benzene rings is 1. The van der Waals surface area contributed by atoms with E-state index < -0.39 is 5.97 Å². The SMILES string of the molecule is Cc1cccc(NC(=O)Cc2nc(C)c(CCC(=O)O)s2)c1. The van der Waals surface area contributed by atoms with Crippen LogP contribution in [0.25, 0.3) is 0 Å². The number of carbonyl (C=O) groups excluding carboxylic acids is 1. The Bertz CT molecular complexity index is 694. The molecular formula is C16H18N2O3S. The number of aliphatic carboxylic acids is 1. The number of carboxylic acids is 1. The molecule has 5 nitrogen and oxygen atoms in total. The Morgan fingerprint density at radius 2 is 2.09 bits per heavy atom. The van der Waals surface area contributed by atoms with Gasteiger partial charge in [-0.1, -0.05) is 12.1 Å². The van der Waals surface area contributed by atoms with E-state index in [-0.39, 0.29) is 18.7 Å². The summed E-state index contributed by atoms with van der Waals surface area (Å²) in [4.78, 5) is 27.9. The minimum Gasteiger partial charge on any atom is -0.481 e. The zero-order valence-corrected chi connectivity index (χ0v) is 13.4. The third kappa shape index (κ3) is 4.66. The van der Waals surface area contributed by atoms with Crippen molar-refractivity contribution in [2.24, 2.45) is 0 Å². The smallest absolute Gasteiger partial charge is 0.303 e. The first-order valence-corrected chi connectivity index (χ1v) is 7.79. The van der Waals surface area contributed by atoms with Gasteiger partial charge in [0, 0.05) is 10.6 Å². The van der Waals surface area contributed by atoms with Crippen LogP contribution in [0.4, 0.5) is 5.69 Å². The van der Waals surface area contributed by atoms with E-state index in [1.54, 1.807) is 0 Å². The minimum atomic E-state index is -0.827. The minimum absolute atomic E-state index is 0.0813. The van der Waals surface area contributed by atoms with E-state index in [1.807, 2.05) is 38.1 Å². The molecule has 0 radical (unpaired) electrons. The van der Waals surface area contributed by atoms with Gasteiger partial charge in [-0.15, -0.1) is 11.3 Å². The number of hydrogen-bond acceptors (Lipinski definition) is 4. The quantitative estimate of drug-likeness (QED) is 0.858. The molecule has 1 aromatic carbocycles. The largest absolute Gasteiger partial charge is 0.481 e. The summed E-state index contributed by atoms with van der Waals surface area (Å²) in [5.41, 5.74) is 2.66. The highest BCUT2D eigenvalue weighted by atomic mass is 32.1. The fourth-order valence-corrected chi connectivity index (χ4v) is 3.15. The molecule has 0 unspecified atom stereocenters. The van der Waals surface area contributed by atoms with Crippen molar-refractivity contribution in [2.75, 3.05) is 5.32 Å². The van der Waals surface area contributed by atoms with Crippen molar-refractivity contribution < 1.29 is 14.7 Å². The van der Waals surface area contributed by atoms with Gasteiger partial charge in [0.1, 0.15) is 5.01 Å². The van der Waals surface area contributed by atoms with E-state index in [9.17, 15) is 9.59 Å². The molecule has 2 N–H and O–H groups in total. The number of thiazole rings is 1. The van der Waals surface area contributed by atoms with Gasteiger partial charge in [0.2, 0.25) is 5.91 Å². The molecule has 2 rings (SSSR count). The molecule has 22 heavy (non-hydrogen) atoms. The average Bonchev–Trinajstić information content (AvgIpc) is 2.76. The predicted molar refractivity (Wildman–Crippen MR) is 86.3 cm³/mol. The number of aryl methyl sites for hydroxylation is 3. The summed E-state index contributed by atoms with van der Waals surface area (Å²) in [6.45, 7) is 3.81. The second-order valence-electron chi connectivity index (χ2n) is 5.10. The normalized spacial score (nSPS) is 10.5. The molecule has 0 aliphatic rings. The Morgan fingerprint density at radius 3 is 2.77 bits per heavy atom. The summed E-state index contributed by atoms with van der Waals surface area (Å²) >= 11 is 1.41. The van der Waals surface area contributed by atoms with Crippen molar-refractivity contribution in [3.63, 3.8) is 0 Å². The molecule has 1 amide bonds. The maximum Gasteiger partial charge on any atom is 0.303 e. The topological polar surface area (TPSA) is 79.3 Å². The lowest BCUT2D eigenvalue weighted by Crippen LogP contribution is -2.14. The summed E-state index contributed by atoms with van der Waals surface area (Å²) in [7, 11) is 0. The first-order chi connectivity index (χ1) is 10.4. The van der Waals surface area contributed by atoms with Gasteiger partial charge in [-0.05, 0) is 38.0 Å². The monoisotopic (exact) mass is 318 g/mol. The van der Waals surface area contributed by atoms with Crippen molar-refractivity contribution >= 4 is 28.9 Å². The van der Waals surface area contributed by atoms with Crippen LogP contribution in [0, 0.1) is 13.8 Å². The zero-order valence-electron chi connectivity index (χ0n) is 12.5. The van der Waals surface area contributed by atoms with E-state index in [2.05, 4.69) is 10.3 Å². The highest BCUT2D eigenvalue weighted by Crippen LogP contribution is 2.20. The number of aromatic nitrogens is 1. The van der Waals surface area contributed by atoms with Crippen LogP contribution in [0.3, 0.4) is 0 Å². The lowest BCUT2D eigenvalue weighted by Gasteiger charge is -2.04. The van der Waals surface area contributed by atoms with Crippen molar-refractivity contribution in [1.82, 2.24) is 4.98 Å². The molecule has 0 fully saturated rings. The summed E-state index contributed by atoms with van der Waals surface area (Å²) < 4.78 is 0. The maximum absolute atomic E-state index is 12.0. The van der Waals surface area contributed by atoms with Crippen LogP contribution in [-0.2, 0) is 22.4 Å². The molecule has 6 heteroatoms. The van der Waals surface area contributed by atoms with Gasteiger partial charge >= 0.3 is 5.97 Å². The number of anilines is 1. The molecule has 2 aromatic rings. The van der Waals surface area contributed by atoms with E-state index in [4.69, 9.17) is 5.11 Å². The number of nitrogens with zero attached hydrogens (tertiary/aromatic N) is 1. The lowest BCUT2D eigenvalue weighted by atomic mass is 10.2. The molecule has 0 spiro atoms. The predicted octanol–water partition coefficient (Wildman–Crippen LogP) is 2.96. The van der Waals surface area contributed by atoms with Gasteiger partial charge in [-0.2, -0.15) is 0 Å². The number of nitrogens with one attached hydrogen (secondary N) is 1. The van der Waals surface area contributed by atoms with Crippen LogP contribution in [0.1, 0.15) is 27.6 Å². The summed E-state index contributed by atoms with van der Waals surface area (Å²) in [5, 5.41) is 12.3. The van der Waals surface area contributed by atoms with Crippen molar-refractivity contribution in [3.05, 3.63) is 45.4 Å². The molecule has 1 aromatic heterocycles. The van der Waals surface area contributed by atoms with E-state index in [1.165, 1.54) is 11.3 Å². The highest BCUT2D eigenvalue weighted by molar-refractivity contribution is 7.11. The molecule has 0 bridgehead atoms. The van der Waals surface area contributed by atoms with E-state index >= 15 is 0 Å². The fraction of sp³-hybridized carbons (Fsp3) is 0.312. The Balaban J connectivity index is 1.97. The van der Waals surface area contributed by atoms with Gasteiger partial charge in [0.05, 0.1) is 18.5 Å². The van der Waals surface area contributed by atoms with Gasteiger partial charge < -0.3 is 10.4 Å². The molecule has 0 atom stereocenters. The van der Waals surface area contributed by atoms with Crippen LogP contribution in [-0.4, -0.2) is 22.0 Å². The third-order valence-corrected chi connectivity index (χ3v) is 4.33. The van der Waals surface area contributed by atoms with E-state index in [0.717, 1.165) is 21.8 Å². The number of amides is 1. The summed E-state index contributed by atoms with van der Waals surface area (Å²) in [6, 6.07) is 7.61. The zero-order chi connectivity index (χ0) is 16.1. The lowest BCUT2D eigenvalue weighted by molar-refractivity contribution is -0.136. The first-order valence-electron chi connectivity index (χ1n) is 6.97. The molecular weight excluding hydrogens is 300 g/mol. The third-order valence-electron chi connectivity index (χ3n) is 3.12. The molecule has 0 saturated heterocycles. The standard InChI is InChI=1S/C16H18N2O3S/c1-10-4-3-5-12(8-10)18-14(19)9-15-17-11(2)13(22-15)6-7-16(20)21/h3-5,8H,6-7,9H2,1-2H3,(H,18,19)(H,20,21). The van der Waals surface area contributed by atoms with Gasteiger partial charge in [-0.25, -0.2) is 4.98 Å². The van der Waals surface area contributed by atoms with Crippen LogP contribution in [0.5, 0.6) is 0 Å². The fourth-order valence-electron chi connectivity index (χ4n) is 2.08. The van der Waals surface area contributed by atoms with Gasteiger partial charge in [0.15, 0.2) is 0 Å². The highest BCUT2D eigenvalue weighted by Gasteiger charge is 2.12. The van der Waals surface area contributed by atoms with Crippen molar-refractivity contribution in [2.45, 2.75) is 33.1 Å². The molecule has 0 saturated carbocycles. The van der Waals surface area contributed by atoms with Crippen LogP contribution in [0.15, 0.2) is 24.3 Å². The summed E-state index contributed by atoms with van der Waals surface area (Å²) in [5.74, 6) is -0.948. The number of hydrogen-bond donors (Lipinski definition) is 2. The summed E-state index contributed by atoms with van der Waals surface area (Å²) in [6.07, 6.45) is 0.739. The molecule has 116 valence electrons. The second-order valence-corrected chi connectivity index (χ2v) is 6.27. The Kier molecular flexibility index (Phi) is 5.27. The number of carbonyl (C=O) groups is 2. The van der Waals surface area contributed by atoms with Crippen LogP contribution >= 0.6 is 11.3 Å². The Labute approximate surface area is 133 Å². The molecule has 0 aliphatic heterocycles. The van der Waals surface area contributed by atoms with Crippen LogP contribution < -0.4 is 5.32 Å². The average molecular weight is 318 g/mol. The number of carboxylic acid groups (broad SMARTS) is 1. The maximum atomic E-state index is 12.0. The van der Waals surface area contributed by atoms with Crippen LogP contribution in [0.2, 0.25) is 0 Å². The number of rotatable bonds is 6. The first kappa shape index (κ1) is 16.2. The van der Waals surface area contributed by atoms with Crippen molar-refractivity contribution in [3.8, 4) is 0 Å². The van der Waals surface area contributed by atoms with Crippen molar-refractivity contribution in [1.29, 1.82) is 0 Å². The molecule has 0 aliphatic carbocycles. The Hall–Kier alpha value is -2.21. The molecule has 1 heterocycles. The van der Waals surface area contributed by atoms with E-state index in [0.29, 0.717) is 11.4 Å². The second kappa shape index (κ2) is 7.17. The van der Waals surface area contributed by atoms with Gasteiger partial charge in [-0.3, -0.25) is 9.59 Å². The van der Waals surface area contributed by atoms with Gasteiger partial charge in [0.25, 0.3) is 0 Å². The Morgan fingerprint density at radius 1 is 1.32 bits per heavy atom.